The van der Waals surface area contributed by atoms with Crippen molar-refractivity contribution in [2.45, 2.75) is 13.3 Å². The highest BCUT2D eigenvalue weighted by Crippen LogP contribution is 2.28. The number of urea groups is 1. The summed E-state index contributed by atoms with van der Waals surface area (Å²) < 4.78 is 10.5. The number of benzene rings is 2. The molecule has 1 fully saturated rings. The van der Waals surface area contributed by atoms with Crippen LogP contribution in [0.25, 0.3) is 0 Å². The molecule has 142 valence electrons. The monoisotopic (exact) mass is 369 g/mol. The van der Waals surface area contributed by atoms with E-state index in [2.05, 4.69) is 10.6 Å². The molecule has 1 saturated heterocycles. The van der Waals surface area contributed by atoms with E-state index < -0.39 is 0 Å². The standard InChI is InChI=1S/C20H23N3O4/c1-13-4-6-15(23-9-8-21-20(23)25)12-16(13)22-19(24)11-14-5-7-17(26-2)18(10-14)27-3/h4-7,10,12H,8-9,11H2,1-3H3,(H,21,25)(H,22,24). The third-order valence-corrected chi connectivity index (χ3v) is 4.48. The molecule has 2 aromatic carbocycles. The van der Waals surface area contributed by atoms with Crippen LogP contribution in [0.1, 0.15) is 11.1 Å². The van der Waals surface area contributed by atoms with Crippen LogP contribution in [-0.2, 0) is 11.2 Å². The summed E-state index contributed by atoms with van der Waals surface area (Å²) in [6, 6.07) is 10.9. The van der Waals surface area contributed by atoms with E-state index in [1.807, 2.05) is 31.2 Å². The Labute approximate surface area is 158 Å². The highest BCUT2D eigenvalue weighted by Gasteiger charge is 2.21. The maximum Gasteiger partial charge on any atom is 0.321 e. The number of hydrogen-bond donors (Lipinski definition) is 2. The lowest BCUT2D eigenvalue weighted by Crippen LogP contribution is -2.27. The number of ether oxygens (including phenoxy) is 2. The third-order valence-electron chi connectivity index (χ3n) is 4.48. The Morgan fingerprint density at radius 3 is 2.59 bits per heavy atom. The third kappa shape index (κ3) is 4.13. The lowest BCUT2D eigenvalue weighted by Gasteiger charge is -2.17. The Hall–Kier alpha value is -3.22. The summed E-state index contributed by atoms with van der Waals surface area (Å²) in [6.07, 6.45) is 0.203. The molecule has 2 N–H and O–H groups in total. The van der Waals surface area contributed by atoms with Gasteiger partial charge in [-0.25, -0.2) is 4.79 Å². The lowest BCUT2D eigenvalue weighted by atomic mass is 10.1. The molecule has 0 saturated carbocycles. The number of rotatable bonds is 6. The molecule has 27 heavy (non-hydrogen) atoms. The zero-order valence-electron chi connectivity index (χ0n) is 15.7. The summed E-state index contributed by atoms with van der Waals surface area (Å²) in [4.78, 5) is 26.0. The van der Waals surface area contributed by atoms with Crippen LogP contribution in [0.3, 0.4) is 0 Å². The van der Waals surface area contributed by atoms with E-state index in [9.17, 15) is 9.59 Å². The second-order valence-electron chi connectivity index (χ2n) is 6.30. The van der Waals surface area contributed by atoms with Crippen LogP contribution in [0.4, 0.5) is 16.2 Å². The average molecular weight is 369 g/mol. The van der Waals surface area contributed by atoms with Gasteiger partial charge in [-0.3, -0.25) is 9.69 Å². The summed E-state index contributed by atoms with van der Waals surface area (Å²) in [7, 11) is 3.13. The van der Waals surface area contributed by atoms with Crippen LogP contribution >= 0.6 is 0 Å². The normalized spacial score (nSPS) is 13.3. The highest BCUT2D eigenvalue weighted by molar-refractivity contribution is 5.97. The number of aryl methyl sites for hydroxylation is 1. The first-order valence-corrected chi connectivity index (χ1v) is 8.68. The van der Waals surface area contributed by atoms with Crippen LogP contribution < -0.4 is 25.0 Å². The highest BCUT2D eigenvalue weighted by atomic mass is 16.5. The number of anilines is 2. The molecule has 3 rings (SSSR count). The van der Waals surface area contributed by atoms with Gasteiger partial charge in [0, 0.05) is 24.5 Å². The molecule has 2 aromatic rings. The molecule has 0 spiro atoms. The zero-order chi connectivity index (χ0) is 19.4. The molecule has 0 aliphatic carbocycles. The zero-order valence-corrected chi connectivity index (χ0v) is 15.7. The largest absolute Gasteiger partial charge is 0.493 e. The summed E-state index contributed by atoms with van der Waals surface area (Å²) >= 11 is 0. The second-order valence-corrected chi connectivity index (χ2v) is 6.30. The number of methoxy groups -OCH3 is 2. The van der Waals surface area contributed by atoms with Gasteiger partial charge < -0.3 is 20.1 Å². The van der Waals surface area contributed by atoms with E-state index in [0.717, 1.165) is 16.8 Å². The first-order valence-electron chi connectivity index (χ1n) is 8.68. The van der Waals surface area contributed by atoms with Crippen LogP contribution in [0, 0.1) is 6.92 Å². The van der Waals surface area contributed by atoms with Crippen LogP contribution in [0.5, 0.6) is 11.5 Å². The molecule has 0 aromatic heterocycles. The van der Waals surface area contributed by atoms with Gasteiger partial charge in [0.05, 0.1) is 20.6 Å². The summed E-state index contributed by atoms with van der Waals surface area (Å²) in [5, 5.41) is 5.71. The number of nitrogens with zero attached hydrogens (tertiary/aromatic N) is 1. The van der Waals surface area contributed by atoms with Crippen molar-refractivity contribution in [3.8, 4) is 11.5 Å². The SMILES string of the molecule is COc1ccc(CC(=O)Nc2cc(N3CCNC3=O)ccc2C)cc1OC. The quantitative estimate of drug-likeness (QED) is 0.821. The number of amides is 3. The van der Waals surface area contributed by atoms with E-state index in [-0.39, 0.29) is 18.4 Å². The molecule has 0 unspecified atom stereocenters. The number of hydrogen-bond acceptors (Lipinski definition) is 4. The van der Waals surface area contributed by atoms with E-state index in [1.165, 1.54) is 0 Å². The Balaban J connectivity index is 1.73. The van der Waals surface area contributed by atoms with E-state index >= 15 is 0 Å². The van der Waals surface area contributed by atoms with Gasteiger partial charge in [-0.1, -0.05) is 12.1 Å². The minimum Gasteiger partial charge on any atom is -0.493 e. The van der Waals surface area contributed by atoms with Crippen molar-refractivity contribution < 1.29 is 19.1 Å². The van der Waals surface area contributed by atoms with Crippen molar-refractivity contribution in [1.29, 1.82) is 0 Å². The van der Waals surface area contributed by atoms with Crippen molar-refractivity contribution in [3.05, 3.63) is 47.5 Å². The van der Waals surface area contributed by atoms with Gasteiger partial charge in [0.2, 0.25) is 5.91 Å². The molecule has 7 heteroatoms. The molecule has 1 aliphatic rings. The van der Waals surface area contributed by atoms with Crippen molar-refractivity contribution >= 4 is 23.3 Å². The number of carbonyl (C=O) groups is 2. The predicted molar refractivity (Wildman–Crippen MR) is 104 cm³/mol. The second kappa shape index (κ2) is 7.99. The van der Waals surface area contributed by atoms with Crippen LogP contribution in [0.2, 0.25) is 0 Å². The smallest absolute Gasteiger partial charge is 0.321 e. The fourth-order valence-electron chi connectivity index (χ4n) is 3.00. The topological polar surface area (TPSA) is 79.9 Å². The Kier molecular flexibility index (Phi) is 5.49. The molecular weight excluding hydrogens is 346 g/mol. The Morgan fingerprint density at radius 2 is 1.93 bits per heavy atom. The maximum atomic E-state index is 12.5. The van der Waals surface area contributed by atoms with Gasteiger partial charge in [0.15, 0.2) is 11.5 Å². The first-order chi connectivity index (χ1) is 13.0. The Bertz CT molecular complexity index is 866. The summed E-state index contributed by atoms with van der Waals surface area (Å²) in [5.74, 6) is 1.06. The van der Waals surface area contributed by atoms with Crippen molar-refractivity contribution in [2.24, 2.45) is 0 Å². The Morgan fingerprint density at radius 1 is 1.15 bits per heavy atom. The predicted octanol–water partition coefficient (Wildman–Crippen LogP) is 2.72. The molecular formula is C20H23N3O4. The van der Waals surface area contributed by atoms with Gasteiger partial charge in [-0.2, -0.15) is 0 Å². The van der Waals surface area contributed by atoms with Gasteiger partial charge in [-0.15, -0.1) is 0 Å². The number of carbonyl (C=O) groups excluding carboxylic acids is 2. The van der Waals surface area contributed by atoms with Crippen LogP contribution in [0.15, 0.2) is 36.4 Å². The maximum absolute atomic E-state index is 12.5. The molecule has 1 aliphatic heterocycles. The van der Waals surface area contributed by atoms with Crippen molar-refractivity contribution in [1.82, 2.24) is 5.32 Å². The number of nitrogens with one attached hydrogen (secondary N) is 2. The first kappa shape index (κ1) is 18.6. The van der Waals surface area contributed by atoms with E-state index in [4.69, 9.17) is 9.47 Å². The summed E-state index contributed by atoms with van der Waals surface area (Å²) in [5.41, 5.74) is 3.20. The van der Waals surface area contributed by atoms with E-state index in [0.29, 0.717) is 30.3 Å². The lowest BCUT2D eigenvalue weighted by molar-refractivity contribution is -0.115. The van der Waals surface area contributed by atoms with E-state index in [1.54, 1.807) is 31.3 Å². The molecule has 7 nitrogen and oxygen atoms in total. The van der Waals surface area contributed by atoms with Crippen molar-refractivity contribution in [3.63, 3.8) is 0 Å². The molecule has 3 amide bonds. The van der Waals surface area contributed by atoms with Gasteiger partial charge in [0.25, 0.3) is 0 Å². The molecule has 0 bridgehead atoms. The molecule has 0 radical (unpaired) electrons. The molecule has 0 atom stereocenters. The molecule has 1 heterocycles. The van der Waals surface area contributed by atoms with Crippen molar-refractivity contribution in [2.75, 3.05) is 37.5 Å². The minimum absolute atomic E-state index is 0.124. The van der Waals surface area contributed by atoms with Gasteiger partial charge in [-0.05, 0) is 42.3 Å². The fourth-order valence-corrected chi connectivity index (χ4v) is 3.00. The minimum atomic E-state index is -0.145. The van der Waals surface area contributed by atoms with Gasteiger partial charge >= 0.3 is 6.03 Å². The fraction of sp³-hybridized carbons (Fsp3) is 0.300. The van der Waals surface area contributed by atoms with Gasteiger partial charge in [0.1, 0.15) is 0 Å². The van der Waals surface area contributed by atoms with Crippen LogP contribution in [-0.4, -0.2) is 39.2 Å². The summed E-state index contributed by atoms with van der Waals surface area (Å²) in [6.45, 7) is 3.15. The average Bonchev–Trinajstić information content (AvgIpc) is 3.09.